The highest BCUT2D eigenvalue weighted by Crippen LogP contribution is 2.26. The van der Waals surface area contributed by atoms with Crippen molar-refractivity contribution in [2.75, 3.05) is 7.11 Å². The van der Waals surface area contributed by atoms with Crippen LogP contribution in [0.2, 0.25) is 0 Å². The van der Waals surface area contributed by atoms with Crippen LogP contribution in [-0.2, 0) is 9.53 Å². The Balaban J connectivity index is 4.33. The number of carbonyl (C=O) groups is 1. The van der Waals surface area contributed by atoms with E-state index in [1.54, 1.807) is 7.11 Å². The normalized spacial score (nSPS) is 15.0. The standard InChI is InChI=1S/C10H18O2/c1-5-9(12-4)10(2,3)7-6-8-11/h6-9H,5H2,1-4H3/b7-6+. The molecule has 0 N–H and O–H groups in total. The zero-order valence-corrected chi connectivity index (χ0v) is 8.33. The molecule has 0 aliphatic heterocycles. The second-order valence-corrected chi connectivity index (χ2v) is 3.45. The minimum atomic E-state index is -0.0651. The van der Waals surface area contributed by atoms with Crippen LogP contribution in [0.15, 0.2) is 12.2 Å². The Hall–Kier alpha value is -0.630. The van der Waals surface area contributed by atoms with Gasteiger partial charge in [0, 0.05) is 12.5 Å². The highest BCUT2D eigenvalue weighted by atomic mass is 16.5. The number of carbonyl (C=O) groups excluding carboxylic acids is 1. The minimum Gasteiger partial charge on any atom is -0.381 e. The Labute approximate surface area is 74.6 Å². The van der Waals surface area contributed by atoms with Gasteiger partial charge in [0.2, 0.25) is 0 Å². The Morgan fingerprint density at radius 3 is 2.42 bits per heavy atom. The summed E-state index contributed by atoms with van der Waals surface area (Å²) in [4.78, 5) is 10.1. The predicted molar refractivity (Wildman–Crippen MR) is 50.1 cm³/mol. The molecule has 0 spiro atoms. The van der Waals surface area contributed by atoms with E-state index in [0.29, 0.717) is 0 Å². The van der Waals surface area contributed by atoms with Crippen LogP contribution in [0.4, 0.5) is 0 Å². The van der Waals surface area contributed by atoms with E-state index in [0.717, 1.165) is 12.7 Å². The summed E-state index contributed by atoms with van der Waals surface area (Å²) in [7, 11) is 1.70. The highest BCUT2D eigenvalue weighted by molar-refractivity contribution is 5.64. The Morgan fingerprint density at radius 2 is 2.08 bits per heavy atom. The van der Waals surface area contributed by atoms with Gasteiger partial charge in [0.15, 0.2) is 0 Å². The Morgan fingerprint density at radius 1 is 1.50 bits per heavy atom. The number of allylic oxidation sites excluding steroid dienone is 1. The van der Waals surface area contributed by atoms with Gasteiger partial charge in [-0.3, -0.25) is 4.79 Å². The van der Waals surface area contributed by atoms with Crippen molar-refractivity contribution in [3.63, 3.8) is 0 Å². The third kappa shape index (κ3) is 3.18. The molecule has 12 heavy (non-hydrogen) atoms. The molecule has 1 atom stereocenters. The second-order valence-electron chi connectivity index (χ2n) is 3.45. The van der Waals surface area contributed by atoms with E-state index >= 15 is 0 Å². The monoisotopic (exact) mass is 170 g/mol. The van der Waals surface area contributed by atoms with Crippen molar-refractivity contribution in [1.29, 1.82) is 0 Å². The molecule has 0 radical (unpaired) electrons. The molecular formula is C10H18O2. The van der Waals surface area contributed by atoms with Crippen LogP contribution in [0.1, 0.15) is 27.2 Å². The fourth-order valence-corrected chi connectivity index (χ4v) is 1.39. The fourth-order valence-electron chi connectivity index (χ4n) is 1.39. The lowest BCUT2D eigenvalue weighted by atomic mass is 9.84. The van der Waals surface area contributed by atoms with Crippen LogP contribution >= 0.6 is 0 Å². The molecule has 0 aliphatic rings. The maximum absolute atomic E-state index is 10.1. The van der Waals surface area contributed by atoms with Gasteiger partial charge in [-0.05, 0) is 12.5 Å². The van der Waals surface area contributed by atoms with Gasteiger partial charge in [-0.15, -0.1) is 0 Å². The van der Waals surface area contributed by atoms with Gasteiger partial charge in [0.25, 0.3) is 0 Å². The van der Waals surface area contributed by atoms with E-state index < -0.39 is 0 Å². The molecule has 0 aromatic rings. The van der Waals surface area contributed by atoms with Crippen molar-refractivity contribution in [1.82, 2.24) is 0 Å². The zero-order chi connectivity index (χ0) is 9.61. The number of methoxy groups -OCH3 is 1. The van der Waals surface area contributed by atoms with Gasteiger partial charge >= 0.3 is 0 Å². The average Bonchev–Trinajstić information content (AvgIpc) is 2.03. The molecule has 0 rings (SSSR count). The largest absolute Gasteiger partial charge is 0.381 e. The lowest BCUT2D eigenvalue weighted by Gasteiger charge is -2.29. The third-order valence-corrected chi connectivity index (χ3v) is 2.09. The Bertz CT molecular complexity index is 155. The molecule has 0 saturated heterocycles. The number of rotatable bonds is 5. The first-order valence-corrected chi connectivity index (χ1v) is 4.24. The van der Waals surface area contributed by atoms with Crippen molar-refractivity contribution in [2.24, 2.45) is 5.41 Å². The van der Waals surface area contributed by atoms with Crippen LogP contribution < -0.4 is 0 Å². The third-order valence-electron chi connectivity index (χ3n) is 2.09. The van der Waals surface area contributed by atoms with Crippen molar-refractivity contribution in [3.8, 4) is 0 Å². The van der Waals surface area contributed by atoms with Gasteiger partial charge in [-0.2, -0.15) is 0 Å². The number of hydrogen-bond donors (Lipinski definition) is 0. The summed E-state index contributed by atoms with van der Waals surface area (Å²) in [6, 6.07) is 0. The van der Waals surface area contributed by atoms with E-state index in [1.807, 2.05) is 6.08 Å². The minimum absolute atomic E-state index is 0.0651. The summed E-state index contributed by atoms with van der Waals surface area (Å²) in [6.07, 6.45) is 5.34. The van der Waals surface area contributed by atoms with Crippen molar-refractivity contribution in [3.05, 3.63) is 12.2 Å². The quantitative estimate of drug-likeness (QED) is 0.467. The maximum atomic E-state index is 10.1. The first kappa shape index (κ1) is 11.4. The molecule has 0 aromatic heterocycles. The smallest absolute Gasteiger partial charge is 0.142 e. The lowest BCUT2D eigenvalue weighted by Crippen LogP contribution is -2.28. The molecule has 0 aromatic carbocycles. The number of hydrogen-bond acceptors (Lipinski definition) is 2. The molecule has 2 heteroatoms. The summed E-state index contributed by atoms with van der Waals surface area (Å²) in [6.45, 7) is 6.19. The van der Waals surface area contributed by atoms with E-state index in [9.17, 15) is 4.79 Å². The van der Waals surface area contributed by atoms with Gasteiger partial charge in [0.1, 0.15) is 6.29 Å². The molecule has 0 bridgehead atoms. The first-order valence-electron chi connectivity index (χ1n) is 4.24. The van der Waals surface area contributed by atoms with Gasteiger partial charge in [-0.1, -0.05) is 26.8 Å². The number of aldehydes is 1. The molecule has 1 unspecified atom stereocenters. The summed E-state index contributed by atoms with van der Waals surface area (Å²) < 4.78 is 5.29. The average molecular weight is 170 g/mol. The van der Waals surface area contributed by atoms with Crippen LogP contribution in [0.3, 0.4) is 0 Å². The van der Waals surface area contributed by atoms with Gasteiger partial charge in [-0.25, -0.2) is 0 Å². The zero-order valence-electron chi connectivity index (χ0n) is 8.33. The topological polar surface area (TPSA) is 26.3 Å². The van der Waals surface area contributed by atoms with E-state index in [1.165, 1.54) is 6.08 Å². The molecule has 0 aliphatic carbocycles. The van der Waals surface area contributed by atoms with Crippen molar-refractivity contribution in [2.45, 2.75) is 33.3 Å². The maximum Gasteiger partial charge on any atom is 0.142 e. The van der Waals surface area contributed by atoms with Crippen LogP contribution in [-0.4, -0.2) is 19.5 Å². The lowest BCUT2D eigenvalue weighted by molar-refractivity contribution is -0.104. The van der Waals surface area contributed by atoms with Crippen LogP contribution in [0, 0.1) is 5.41 Å². The van der Waals surface area contributed by atoms with Crippen LogP contribution in [0.25, 0.3) is 0 Å². The Kier molecular flexibility index (Phi) is 4.83. The van der Waals surface area contributed by atoms with Crippen molar-refractivity contribution >= 4 is 6.29 Å². The van der Waals surface area contributed by atoms with Gasteiger partial charge < -0.3 is 4.74 Å². The second kappa shape index (κ2) is 5.09. The van der Waals surface area contributed by atoms with E-state index in [2.05, 4.69) is 20.8 Å². The van der Waals surface area contributed by atoms with Gasteiger partial charge in [0.05, 0.1) is 6.10 Å². The van der Waals surface area contributed by atoms with E-state index in [-0.39, 0.29) is 11.5 Å². The number of ether oxygens (including phenoxy) is 1. The molecule has 0 fully saturated rings. The molecule has 2 nitrogen and oxygen atoms in total. The molecule has 0 saturated carbocycles. The van der Waals surface area contributed by atoms with Crippen LogP contribution in [0.5, 0.6) is 0 Å². The van der Waals surface area contributed by atoms with E-state index in [4.69, 9.17) is 4.74 Å². The van der Waals surface area contributed by atoms with Crippen molar-refractivity contribution < 1.29 is 9.53 Å². The highest BCUT2D eigenvalue weighted by Gasteiger charge is 2.24. The summed E-state index contributed by atoms with van der Waals surface area (Å²) in [5, 5.41) is 0. The SMILES string of the molecule is CCC(OC)C(C)(C)/C=C/C=O. The summed E-state index contributed by atoms with van der Waals surface area (Å²) in [5.74, 6) is 0. The molecular weight excluding hydrogens is 152 g/mol. The summed E-state index contributed by atoms with van der Waals surface area (Å²) in [5.41, 5.74) is -0.0651. The predicted octanol–water partition coefficient (Wildman–Crippen LogP) is 2.19. The first-order chi connectivity index (χ1) is 5.58. The molecule has 70 valence electrons. The summed E-state index contributed by atoms with van der Waals surface area (Å²) >= 11 is 0. The molecule has 0 heterocycles. The fraction of sp³-hybridized carbons (Fsp3) is 0.700. The molecule has 0 amide bonds.